The monoisotopic (exact) mass is 241 g/mol. The second-order valence-electron chi connectivity index (χ2n) is 4.60. The van der Waals surface area contributed by atoms with Crippen molar-refractivity contribution in [2.75, 3.05) is 5.32 Å². The van der Waals surface area contributed by atoms with Crippen LogP contribution in [0.1, 0.15) is 19.2 Å². The normalized spacial score (nSPS) is 13.4. The number of nitrogens with zero attached hydrogens (tertiary/aromatic N) is 2. The van der Waals surface area contributed by atoms with Crippen LogP contribution in [0.5, 0.6) is 0 Å². The molecule has 1 aliphatic rings. The van der Waals surface area contributed by atoms with Crippen molar-refractivity contribution in [3.05, 3.63) is 36.3 Å². The highest BCUT2D eigenvalue weighted by Gasteiger charge is 2.14. The molecule has 1 aromatic heterocycles. The molecule has 1 aliphatic heterocycles. The molecule has 92 valence electrons. The third-order valence-electron chi connectivity index (χ3n) is 3.16. The van der Waals surface area contributed by atoms with Gasteiger partial charge in [0.2, 0.25) is 5.91 Å². The Morgan fingerprint density at radius 3 is 2.78 bits per heavy atom. The molecule has 0 saturated heterocycles. The molecule has 0 fully saturated rings. The number of carbonyl (C=O) groups is 1. The summed E-state index contributed by atoms with van der Waals surface area (Å²) in [5.41, 5.74) is 2.92. The van der Waals surface area contributed by atoms with Gasteiger partial charge >= 0.3 is 0 Å². The molecular weight excluding hydrogens is 226 g/mol. The van der Waals surface area contributed by atoms with Crippen molar-refractivity contribution < 1.29 is 4.79 Å². The Morgan fingerprint density at radius 2 is 2.11 bits per heavy atom. The number of hydrogen-bond acceptors (Lipinski definition) is 2. The lowest BCUT2D eigenvalue weighted by atomic mass is 10.1. The van der Waals surface area contributed by atoms with Crippen LogP contribution in [0.15, 0.2) is 30.5 Å². The van der Waals surface area contributed by atoms with Crippen LogP contribution in [-0.4, -0.2) is 15.5 Å². The van der Waals surface area contributed by atoms with Gasteiger partial charge in [-0.1, -0.05) is 12.1 Å². The maximum atomic E-state index is 10.9. The van der Waals surface area contributed by atoms with Crippen molar-refractivity contribution >= 4 is 11.6 Å². The van der Waals surface area contributed by atoms with Crippen LogP contribution < -0.4 is 5.32 Å². The maximum absolute atomic E-state index is 10.9. The average Bonchev–Trinajstić information content (AvgIpc) is 2.89. The maximum Gasteiger partial charge on any atom is 0.221 e. The third-order valence-corrected chi connectivity index (χ3v) is 3.16. The van der Waals surface area contributed by atoms with E-state index in [-0.39, 0.29) is 5.91 Å². The predicted octanol–water partition coefficient (Wildman–Crippen LogP) is 2.45. The number of aryl methyl sites for hydroxylation is 2. The Labute approximate surface area is 106 Å². The predicted molar refractivity (Wildman–Crippen MR) is 70.3 cm³/mol. The first-order valence-corrected chi connectivity index (χ1v) is 6.16. The molecule has 18 heavy (non-hydrogen) atoms. The van der Waals surface area contributed by atoms with E-state index in [1.54, 1.807) is 0 Å². The van der Waals surface area contributed by atoms with Gasteiger partial charge in [0.25, 0.3) is 0 Å². The van der Waals surface area contributed by atoms with Crippen molar-refractivity contribution in [1.29, 1.82) is 0 Å². The largest absolute Gasteiger partial charge is 0.334 e. The minimum atomic E-state index is -0.0521. The topological polar surface area (TPSA) is 46.9 Å². The molecule has 0 unspecified atom stereocenters. The smallest absolute Gasteiger partial charge is 0.221 e. The van der Waals surface area contributed by atoms with Crippen LogP contribution in [-0.2, 0) is 17.8 Å². The van der Waals surface area contributed by atoms with E-state index in [1.165, 1.54) is 19.2 Å². The van der Waals surface area contributed by atoms with Crippen LogP contribution in [0.25, 0.3) is 11.3 Å². The van der Waals surface area contributed by atoms with Gasteiger partial charge in [0.1, 0.15) is 5.82 Å². The van der Waals surface area contributed by atoms with Crippen molar-refractivity contribution in [3.8, 4) is 11.3 Å². The summed E-state index contributed by atoms with van der Waals surface area (Å²) in [4.78, 5) is 15.6. The van der Waals surface area contributed by atoms with Crippen LogP contribution in [0, 0.1) is 0 Å². The number of nitrogens with one attached hydrogen (secondary N) is 1. The number of rotatable bonds is 2. The Balaban J connectivity index is 1.85. The second kappa shape index (κ2) is 4.29. The van der Waals surface area contributed by atoms with E-state index < -0.39 is 0 Å². The Morgan fingerprint density at radius 1 is 1.33 bits per heavy atom. The van der Waals surface area contributed by atoms with Gasteiger partial charge in [0, 0.05) is 37.3 Å². The van der Waals surface area contributed by atoms with Crippen molar-refractivity contribution in [3.63, 3.8) is 0 Å². The van der Waals surface area contributed by atoms with E-state index in [0.717, 1.165) is 29.9 Å². The zero-order valence-corrected chi connectivity index (χ0v) is 10.3. The van der Waals surface area contributed by atoms with Crippen LogP contribution >= 0.6 is 0 Å². The summed E-state index contributed by atoms with van der Waals surface area (Å²) in [7, 11) is 0. The molecule has 0 spiro atoms. The number of benzene rings is 1. The first kappa shape index (κ1) is 11.0. The summed E-state index contributed by atoms with van der Waals surface area (Å²) >= 11 is 0. The summed E-state index contributed by atoms with van der Waals surface area (Å²) in [6, 6.07) is 7.79. The van der Waals surface area contributed by atoms with Crippen LogP contribution in [0.4, 0.5) is 5.69 Å². The van der Waals surface area contributed by atoms with Crippen molar-refractivity contribution in [2.45, 2.75) is 26.3 Å². The van der Waals surface area contributed by atoms with Crippen molar-refractivity contribution in [2.24, 2.45) is 0 Å². The lowest BCUT2D eigenvalue weighted by Crippen LogP contribution is -2.05. The number of imidazole rings is 1. The minimum Gasteiger partial charge on any atom is -0.334 e. The molecule has 4 heteroatoms. The molecule has 2 aromatic rings. The Kier molecular flexibility index (Phi) is 2.63. The van der Waals surface area contributed by atoms with Gasteiger partial charge < -0.3 is 9.88 Å². The van der Waals surface area contributed by atoms with Gasteiger partial charge in [0.05, 0.1) is 5.69 Å². The van der Waals surface area contributed by atoms with E-state index in [4.69, 9.17) is 0 Å². The number of carbonyl (C=O) groups excluding carboxylic acids is 1. The number of anilines is 1. The van der Waals surface area contributed by atoms with Gasteiger partial charge in [-0.15, -0.1) is 0 Å². The zero-order valence-electron chi connectivity index (χ0n) is 10.3. The fourth-order valence-corrected chi connectivity index (χ4v) is 2.32. The highest BCUT2D eigenvalue weighted by Crippen LogP contribution is 2.24. The van der Waals surface area contributed by atoms with Gasteiger partial charge in [-0.3, -0.25) is 4.79 Å². The minimum absolute atomic E-state index is 0.0521. The zero-order chi connectivity index (χ0) is 12.5. The van der Waals surface area contributed by atoms with Gasteiger partial charge in [0.15, 0.2) is 0 Å². The number of fused-ring (bicyclic) bond motifs is 1. The summed E-state index contributed by atoms with van der Waals surface area (Å²) in [6.07, 6.45) is 4.38. The van der Waals surface area contributed by atoms with Crippen LogP contribution in [0.3, 0.4) is 0 Å². The first-order valence-electron chi connectivity index (χ1n) is 6.16. The van der Waals surface area contributed by atoms with Crippen LogP contribution in [0.2, 0.25) is 0 Å². The fourth-order valence-electron chi connectivity index (χ4n) is 2.32. The van der Waals surface area contributed by atoms with E-state index in [1.807, 2.05) is 24.3 Å². The summed E-state index contributed by atoms with van der Waals surface area (Å²) < 4.78 is 2.22. The molecule has 0 aliphatic carbocycles. The third kappa shape index (κ3) is 2.01. The highest BCUT2D eigenvalue weighted by molar-refractivity contribution is 5.88. The summed E-state index contributed by atoms with van der Waals surface area (Å²) in [5, 5.41) is 2.76. The van der Waals surface area contributed by atoms with Crippen molar-refractivity contribution in [1.82, 2.24) is 9.55 Å². The molecule has 0 atom stereocenters. The molecule has 0 bridgehead atoms. The molecule has 0 radical (unpaired) electrons. The Hall–Kier alpha value is -2.10. The van der Waals surface area contributed by atoms with Gasteiger partial charge in [-0.25, -0.2) is 4.98 Å². The van der Waals surface area contributed by atoms with E-state index in [9.17, 15) is 4.79 Å². The molecule has 1 amide bonds. The molecule has 1 N–H and O–H groups in total. The number of aromatic nitrogens is 2. The Bertz CT molecular complexity index is 562. The molecular formula is C14H15N3O. The molecule has 4 nitrogen and oxygen atoms in total. The SMILES string of the molecule is CC(=O)Nc1ccc(-c2cn3c(n2)CCC3)cc1. The quantitative estimate of drug-likeness (QED) is 0.877. The standard InChI is InChI=1S/C14H15N3O/c1-10(18)15-12-6-4-11(5-7-12)13-9-17-8-2-3-14(17)16-13/h4-7,9H,2-3,8H2,1H3,(H,15,18). The average molecular weight is 241 g/mol. The van der Waals surface area contributed by atoms with Gasteiger partial charge in [-0.05, 0) is 18.6 Å². The molecule has 1 aromatic carbocycles. The summed E-state index contributed by atoms with van der Waals surface area (Å²) in [5.74, 6) is 1.12. The van der Waals surface area contributed by atoms with E-state index >= 15 is 0 Å². The summed E-state index contributed by atoms with van der Waals surface area (Å²) in [6.45, 7) is 2.58. The van der Waals surface area contributed by atoms with E-state index in [0.29, 0.717) is 0 Å². The number of hydrogen-bond donors (Lipinski definition) is 1. The van der Waals surface area contributed by atoms with E-state index in [2.05, 4.69) is 21.1 Å². The lowest BCUT2D eigenvalue weighted by molar-refractivity contribution is -0.114. The first-order chi connectivity index (χ1) is 8.72. The molecule has 2 heterocycles. The van der Waals surface area contributed by atoms with Gasteiger partial charge in [-0.2, -0.15) is 0 Å². The highest BCUT2D eigenvalue weighted by atomic mass is 16.1. The number of amides is 1. The molecule has 0 saturated carbocycles. The second-order valence-corrected chi connectivity index (χ2v) is 4.60. The fraction of sp³-hybridized carbons (Fsp3) is 0.286. The molecule has 3 rings (SSSR count). The lowest BCUT2D eigenvalue weighted by Gasteiger charge is -2.02.